The van der Waals surface area contributed by atoms with Crippen LogP contribution in [0.3, 0.4) is 0 Å². The van der Waals surface area contributed by atoms with Gasteiger partial charge in [-0.25, -0.2) is 0 Å². The lowest BCUT2D eigenvalue weighted by Crippen LogP contribution is -2.53. The maximum Gasteiger partial charge on any atom is 0.0446 e. The highest BCUT2D eigenvalue weighted by molar-refractivity contribution is 5.28. The average molecular weight is 304 g/mol. The van der Waals surface area contributed by atoms with Crippen LogP contribution in [0.25, 0.3) is 0 Å². The summed E-state index contributed by atoms with van der Waals surface area (Å²) in [6, 6.07) is 7.33. The van der Waals surface area contributed by atoms with Crippen LogP contribution in [-0.2, 0) is 6.54 Å². The van der Waals surface area contributed by atoms with Crippen molar-refractivity contribution >= 4 is 0 Å². The molecule has 3 heteroatoms. The maximum absolute atomic E-state index is 9.37. The molecule has 1 aromatic carbocycles. The van der Waals surface area contributed by atoms with Gasteiger partial charge in [-0.05, 0) is 31.7 Å². The summed E-state index contributed by atoms with van der Waals surface area (Å²) in [5.41, 5.74) is 4.11. The number of aliphatic hydroxyl groups is 1. The Morgan fingerprint density at radius 1 is 1.14 bits per heavy atom. The molecule has 1 saturated heterocycles. The van der Waals surface area contributed by atoms with Crippen molar-refractivity contribution < 1.29 is 5.11 Å². The second-order valence-electron chi connectivity index (χ2n) is 7.29. The van der Waals surface area contributed by atoms with Crippen molar-refractivity contribution in [1.29, 1.82) is 0 Å². The third kappa shape index (κ3) is 5.08. The van der Waals surface area contributed by atoms with E-state index in [0.29, 0.717) is 12.0 Å². The third-order valence-corrected chi connectivity index (χ3v) is 4.44. The summed E-state index contributed by atoms with van der Waals surface area (Å²) in [5.74, 6) is 0.687. The zero-order chi connectivity index (χ0) is 16.1. The lowest BCUT2D eigenvalue weighted by atomic mass is 10.0. The summed E-state index contributed by atoms with van der Waals surface area (Å²) in [6.45, 7) is 14.7. The number of benzene rings is 1. The highest BCUT2D eigenvalue weighted by atomic mass is 16.3. The van der Waals surface area contributed by atoms with E-state index in [1.807, 2.05) is 0 Å². The van der Waals surface area contributed by atoms with Crippen LogP contribution >= 0.6 is 0 Å². The van der Waals surface area contributed by atoms with Gasteiger partial charge in [-0.1, -0.05) is 43.2 Å². The van der Waals surface area contributed by atoms with Gasteiger partial charge in [-0.2, -0.15) is 0 Å². The molecule has 1 heterocycles. The average Bonchev–Trinajstić information content (AvgIpc) is 2.40. The summed E-state index contributed by atoms with van der Waals surface area (Å²) in [4.78, 5) is 5.12. The molecule has 2 rings (SSSR count). The second-order valence-corrected chi connectivity index (χ2v) is 7.29. The molecule has 1 aliphatic rings. The van der Waals surface area contributed by atoms with E-state index in [0.717, 1.165) is 39.1 Å². The van der Waals surface area contributed by atoms with E-state index in [-0.39, 0.29) is 6.61 Å². The van der Waals surface area contributed by atoms with Crippen molar-refractivity contribution in [1.82, 2.24) is 9.80 Å². The first kappa shape index (κ1) is 17.5. The fourth-order valence-corrected chi connectivity index (χ4v) is 3.65. The van der Waals surface area contributed by atoms with Crippen LogP contribution < -0.4 is 0 Å². The van der Waals surface area contributed by atoms with Crippen molar-refractivity contribution in [2.24, 2.45) is 5.92 Å². The number of aliphatic hydroxyl groups excluding tert-OH is 1. The smallest absolute Gasteiger partial charge is 0.0446 e. The Morgan fingerprint density at radius 2 is 1.82 bits per heavy atom. The Balaban J connectivity index is 1.98. The van der Waals surface area contributed by atoms with Crippen molar-refractivity contribution in [3.63, 3.8) is 0 Å². The maximum atomic E-state index is 9.37. The van der Waals surface area contributed by atoms with Crippen LogP contribution in [-0.4, -0.2) is 53.7 Å². The van der Waals surface area contributed by atoms with Gasteiger partial charge >= 0.3 is 0 Å². The highest BCUT2D eigenvalue weighted by Crippen LogP contribution is 2.18. The Labute approximate surface area is 135 Å². The fraction of sp³-hybridized carbons (Fsp3) is 0.684. The first-order valence-corrected chi connectivity index (χ1v) is 8.62. The molecule has 0 radical (unpaired) electrons. The second kappa shape index (κ2) is 8.09. The number of hydrogen-bond donors (Lipinski definition) is 1. The molecule has 0 aliphatic carbocycles. The quantitative estimate of drug-likeness (QED) is 0.875. The molecule has 1 N–H and O–H groups in total. The SMILES string of the molecule is Cc1cc(C)cc(CN2CCN(CC(C)C)[C@@H](CCO)C2)c1. The molecule has 0 amide bonds. The lowest BCUT2D eigenvalue weighted by Gasteiger charge is -2.42. The standard InChI is InChI=1S/C19H32N2O/c1-15(2)12-21-7-6-20(14-19(21)5-8-22)13-18-10-16(3)9-17(4)11-18/h9-11,15,19,22H,5-8,12-14H2,1-4H3/t19-/m0/s1. The van der Waals surface area contributed by atoms with Crippen molar-refractivity contribution in [2.75, 3.05) is 32.8 Å². The molecule has 0 spiro atoms. The minimum atomic E-state index is 0.288. The predicted octanol–water partition coefficient (Wildman–Crippen LogP) is 2.83. The van der Waals surface area contributed by atoms with Crippen LogP contribution in [0.4, 0.5) is 0 Å². The minimum absolute atomic E-state index is 0.288. The molecule has 3 nitrogen and oxygen atoms in total. The minimum Gasteiger partial charge on any atom is -0.396 e. The Morgan fingerprint density at radius 3 is 2.41 bits per heavy atom. The number of aryl methyl sites for hydroxylation is 2. The summed E-state index contributed by atoms with van der Waals surface area (Å²) in [7, 11) is 0. The molecule has 124 valence electrons. The van der Waals surface area contributed by atoms with E-state index in [1.165, 1.54) is 16.7 Å². The number of rotatable bonds is 6. The van der Waals surface area contributed by atoms with Gasteiger partial charge in [0, 0.05) is 45.4 Å². The fourth-order valence-electron chi connectivity index (χ4n) is 3.65. The predicted molar refractivity (Wildman–Crippen MR) is 93.1 cm³/mol. The summed E-state index contributed by atoms with van der Waals surface area (Å²) >= 11 is 0. The molecule has 1 atom stereocenters. The number of hydrogen-bond acceptors (Lipinski definition) is 3. The molecule has 1 fully saturated rings. The Bertz CT molecular complexity index is 452. The molecule has 0 unspecified atom stereocenters. The zero-order valence-electron chi connectivity index (χ0n) is 14.7. The molecule has 0 aromatic heterocycles. The number of nitrogens with zero attached hydrogens (tertiary/aromatic N) is 2. The van der Waals surface area contributed by atoms with E-state index in [2.05, 4.69) is 55.7 Å². The van der Waals surface area contributed by atoms with Gasteiger partial charge in [-0.3, -0.25) is 9.80 Å². The van der Waals surface area contributed by atoms with Gasteiger partial charge in [0.25, 0.3) is 0 Å². The third-order valence-electron chi connectivity index (χ3n) is 4.44. The van der Waals surface area contributed by atoms with Crippen LogP contribution in [0.1, 0.15) is 37.0 Å². The monoisotopic (exact) mass is 304 g/mol. The van der Waals surface area contributed by atoms with Crippen molar-refractivity contribution in [3.8, 4) is 0 Å². The van der Waals surface area contributed by atoms with Crippen LogP contribution in [0.5, 0.6) is 0 Å². The molecule has 0 bridgehead atoms. The summed E-state index contributed by atoms with van der Waals surface area (Å²) < 4.78 is 0. The summed E-state index contributed by atoms with van der Waals surface area (Å²) in [5, 5.41) is 9.37. The van der Waals surface area contributed by atoms with E-state index < -0.39 is 0 Å². The first-order valence-electron chi connectivity index (χ1n) is 8.62. The topological polar surface area (TPSA) is 26.7 Å². The summed E-state index contributed by atoms with van der Waals surface area (Å²) in [6.07, 6.45) is 0.885. The zero-order valence-corrected chi connectivity index (χ0v) is 14.7. The van der Waals surface area contributed by atoms with Gasteiger partial charge in [0.05, 0.1) is 0 Å². The van der Waals surface area contributed by atoms with E-state index in [4.69, 9.17) is 0 Å². The molecule has 1 aromatic rings. The lowest BCUT2D eigenvalue weighted by molar-refractivity contribution is 0.0477. The van der Waals surface area contributed by atoms with E-state index >= 15 is 0 Å². The van der Waals surface area contributed by atoms with Gasteiger partial charge in [0.2, 0.25) is 0 Å². The van der Waals surface area contributed by atoms with E-state index in [1.54, 1.807) is 0 Å². The largest absolute Gasteiger partial charge is 0.396 e. The molecular weight excluding hydrogens is 272 g/mol. The van der Waals surface area contributed by atoms with E-state index in [9.17, 15) is 5.11 Å². The van der Waals surface area contributed by atoms with Gasteiger partial charge in [0.1, 0.15) is 0 Å². The van der Waals surface area contributed by atoms with Gasteiger partial charge in [-0.15, -0.1) is 0 Å². The highest BCUT2D eigenvalue weighted by Gasteiger charge is 2.26. The van der Waals surface area contributed by atoms with Crippen molar-refractivity contribution in [3.05, 3.63) is 34.9 Å². The van der Waals surface area contributed by atoms with Crippen LogP contribution in [0.2, 0.25) is 0 Å². The van der Waals surface area contributed by atoms with Gasteiger partial charge in [0.15, 0.2) is 0 Å². The van der Waals surface area contributed by atoms with Crippen LogP contribution in [0.15, 0.2) is 18.2 Å². The molecular formula is C19H32N2O. The van der Waals surface area contributed by atoms with Crippen LogP contribution in [0, 0.1) is 19.8 Å². The normalized spacial score (nSPS) is 20.7. The molecule has 1 aliphatic heterocycles. The molecule has 22 heavy (non-hydrogen) atoms. The number of piperazine rings is 1. The Kier molecular flexibility index (Phi) is 6.42. The molecule has 0 saturated carbocycles. The first-order chi connectivity index (χ1) is 10.5. The van der Waals surface area contributed by atoms with Crippen molar-refractivity contribution in [2.45, 2.75) is 46.7 Å². The Hall–Kier alpha value is -0.900. The van der Waals surface area contributed by atoms with Gasteiger partial charge < -0.3 is 5.11 Å².